The van der Waals surface area contributed by atoms with Gasteiger partial charge in [0, 0.05) is 11.1 Å². The Morgan fingerprint density at radius 1 is 1.00 bits per heavy atom. The lowest BCUT2D eigenvalue weighted by atomic mass is 9.98. The predicted octanol–water partition coefficient (Wildman–Crippen LogP) is 6.44. The third-order valence-electron chi connectivity index (χ3n) is 4.28. The van der Waals surface area contributed by atoms with Crippen molar-refractivity contribution >= 4 is 11.6 Å². The molecule has 0 aliphatic carbocycles. The van der Waals surface area contributed by atoms with Crippen LogP contribution in [0.2, 0.25) is 5.02 Å². The van der Waals surface area contributed by atoms with E-state index in [9.17, 15) is 0 Å². The van der Waals surface area contributed by atoms with Crippen molar-refractivity contribution in [1.29, 1.82) is 0 Å². The molecule has 1 N–H and O–H groups in total. The molecule has 120 valence electrons. The second kappa shape index (κ2) is 11.1. The van der Waals surface area contributed by atoms with Crippen LogP contribution in [0.1, 0.15) is 81.9 Å². The van der Waals surface area contributed by atoms with E-state index in [1.54, 1.807) is 0 Å². The molecule has 0 aliphatic heterocycles. The molecule has 21 heavy (non-hydrogen) atoms. The first kappa shape index (κ1) is 18.5. The molecule has 1 aromatic carbocycles. The van der Waals surface area contributed by atoms with E-state index >= 15 is 0 Å². The summed E-state index contributed by atoms with van der Waals surface area (Å²) in [6.07, 6.45) is 12.2. The monoisotopic (exact) mass is 309 g/mol. The van der Waals surface area contributed by atoms with Crippen molar-refractivity contribution in [2.45, 2.75) is 77.7 Å². The number of unbranched alkanes of at least 4 members (excludes halogenated alkanes) is 7. The van der Waals surface area contributed by atoms with Gasteiger partial charge in [0.1, 0.15) is 0 Å². The SMILES string of the molecule is CCCCCCCCCCC(NC)c1ccc(Cl)c(C)c1. The highest BCUT2D eigenvalue weighted by molar-refractivity contribution is 6.31. The minimum absolute atomic E-state index is 0.459. The zero-order chi connectivity index (χ0) is 15.5. The summed E-state index contributed by atoms with van der Waals surface area (Å²) < 4.78 is 0. The van der Waals surface area contributed by atoms with Gasteiger partial charge in [0.25, 0.3) is 0 Å². The molecule has 0 fully saturated rings. The average Bonchev–Trinajstić information content (AvgIpc) is 2.49. The van der Waals surface area contributed by atoms with Gasteiger partial charge in [0.2, 0.25) is 0 Å². The van der Waals surface area contributed by atoms with Crippen LogP contribution in [-0.2, 0) is 0 Å². The Morgan fingerprint density at radius 2 is 1.62 bits per heavy atom. The lowest BCUT2D eigenvalue weighted by Gasteiger charge is -2.17. The van der Waals surface area contributed by atoms with E-state index in [0.717, 1.165) is 5.02 Å². The summed E-state index contributed by atoms with van der Waals surface area (Å²) in [6.45, 7) is 4.35. The number of rotatable bonds is 11. The van der Waals surface area contributed by atoms with Gasteiger partial charge in [0.05, 0.1) is 0 Å². The molecule has 0 heterocycles. The van der Waals surface area contributed by atoms with Gasteiger partial charge in [-0.05, 0) is 37.6 Å². The first-order chi connectivity index (χ1) is 10.2. The van der Waals surface area contributed by atoms with Gasteiger partial charge in [-0.2, -0.15) is 0 Å². The number of benzene rings is 1. The van der Waals surface area contributed by atoms with Gasteiger partial charge < -0.3 is 5.32 Å². The largest absolute Gasteiger partial charge is 0.313 e. The molecule has 0 aliphatic rings. The maximum Gasteiger partial charge on any atom is 0.0435 e. The second-order valence-corrected chi connectivity index (χ2v) is 6.52. The van der Waals surface area contributed by atoms with E-state index in [-0.39, 0.29) is 0 Å². The van der Waals surface area contributed by atoms with E-state index in [4.69, 9.17) is 11.6 Å². The average molecular weight is 310 g/mol. The molecule has 1 nitrogen and oxygen atoms in total. The summed E-state index contributed by atoms with van der Waals surface area (Å²) >= 11 is 6.11. The molecule has 1 rings (SSSR count). The van der Waals surface area contributed by atoms with Crippen LogP contribution in [0.25, 0.3) is 0 Å². The molecule has 0 saturated carbocycles. The highest BCUT2D eigenvalue weighted by atomic mass is 35.5. The number of hydrogen-bond donors (Lipinski definition) is 1. The van der Waals surface area contributed by atoms with Crippen LogP contribution in [-0.4, -0.2) is 7.05 Å². The zero-order valence-electron chi connectivity index (χ0n) is 14.1. The van der Waals surface area contributed by atoms with Gasteiger partial charge in [0.15, 0.2) is 0 Å². The topological polar surface area (TPSA) is 12.0 Å². The smallest absolute Gasteiger partial charge is 0.0435 e. The highest BCUT2D eigenvalue weighted by Gasteiger charge is 2.09. The number of nitrogens with one attached hydrogen (secondary N) is 1. The summed E-state index contributed by atoms with van der Waals surface area (Å²) in [7, 11) is 2.05. The van der Waals surface area contributed by atoms with Crippen LogP contribution in [0.15, 0.2) is 18.2 Å². The minimum Gasteiger partial charge on any atom is -0.313 e. The van der Waals surface area contributed by atoms with Crippen molar-refractivity contribution in [2.75, 3.05) is 7.05 Å². The van der Waals surface area contributed by atoms with Crippen molar-refractivity contribution < 1.29 is 0 Å². The van der Waals surface area contributed by atoms with Crippen molar-refractivity contribution in [3.8, 4) is 0 Å². The Bertz CT molecular complexity index is 389. The fourth-order valence-corrected chi connectivity index (χ4v) is 2.96. The van der Waals surface area contributed by atoms with Crippen LogP contribution >= 0.6 is 11.6 Å². The lowest BCUT2D eigenvalue weighted by molar-refractivity contribution is 0.494. The molecule has 0 saturated heterocycles. The first-order valence-corrected chi connectivity index (χ1v) is 9.00. The van der Waals surface area contributed by atoms with Crippen molar-refractivity contribution in [3.63, 3.8) is 0 Å². The fourth-order valence-electron chi connectivity index (χ4n) is 2.84. The van der Waals surface area contributed by atoms with Crippen molar-refractivity contribution in [1.82, 2.24) is 5.32 Å². The molecule has 0 bridgehead atoms. The van der Waals surface area contributed by atoms with Gasteiger partial charge in [-0.3, -0.25) is 0 Å². The second-order valence-electron chi connectivity index (χ2n) is 6.11. The highest BCUT2D eigenvalue weighted by Crippen LogP contribution is 2.24. The number of halogens is 1. The Morgan fingerprint density at radius 3 is 2.19 bits per heavy atom. The molecule has 0 radical (unpaired) electrons. The molecular formula is C19H32ClN. The molecule has 1 atom stereocenters. The number of hydrogen-bond acceptors (Lipinski definition) is 1. The van der Waals surface area contributed by atoms with E-state index in [2.05, 4.69) is 38.3 Å². The van der Waals surface area contributed by atoms with Crippen molar-refractivity contribution in [3.05, 3.63) is 34.3 Å². The van der Waals surface area contributed by atoms with Gasteiger partial charge in [-0.25, -0.2) is 0 Å². The predicted molar refractivity (Wildman–Crippen MR) is 95.2 cm³/mol. The molecule has 0 amide bonds. The fraction of sp³-hybridized carbons (Fsp3) is 0.684. The Balaban J connectivity index is 2.23. The molecule has 1 unspecified atom stereocenters. The summed E-state index contributed by atoms with van der Waals surface area (Å²) in [5, 5.41) is 4.30. The Labute approximate surface area is 136 Å². The summed E-state index contributed by atoms with van der Waals surface area (Å²) in [6, 6.07) is 6.85. The Hall–Kier alpha value is -0.530. The van der Waals surface area contributed by atoms with Crippen LogP contribution in [0, 0.1) is 6.92 Å². The molecule has 1 aromatic rings. The van der Waals surface area contributed by atoms with Crippen LogP contribution in [0.3, 0.4) is 0 Å². The molecular weight excluding hydrogens is 278 g/mol. The van der Waals surface area contributed by atoms with Gasteiger partial charge >= 0.3 is 0 Å². The first-order valence-electron chi connectivity index (χ1n) is 8.62. The molecule has 0 aromatic heterocycles. The Kier molecular flexibility index (Phi) is 9.78. The third-order valence-corrected chi connectivity index (χ3v) is 4.70. The maximum absolute atomic E-state index is 6.11. The standard InChI is InChI=1S/C19H32ClN/c1-4-5-6-7-8-9-10-11-12-19(21-3)17-13-14-18(20)16(2)15-17/h13-15,19,21H,4-12H2,1-3H3. The number of aryl methyl sites for hydroxylation is 1. The van der Waals surface area contributed by atoms with Crippen LogP contribution in [0.4, 0.5) is 0 Å². The summed E-state index contributed by atoms with van der Waals surface area (Å²) in [4.78, 5) is 0. The van der Waals surface area contributed by atoms with E-state index in [1.807, 2.05) is 6.07 Å². The lowest BCUT2D eigenvalue weighted by Crippen LogP contribution is -2.16. The minimum atomic E-state index is 0.459. The zero-order valence-corrected chi connectivity index (χ0v) is 14.8. The van der Waals surface area contributed by atoms with Crippen LogP contribution < -0.4 is 5.32 Å². The summed E-state index contributed by atoms with van der Waals surface area (Å²) in [5.41, 5.74) is 2.53. The molecule has 2 heteroatoms. The molecule has 0 spiro atoms. The third kappa shape index (κ3) is 7.33. The van der Waals surface area contributed by atoms with E-state index in [0.29, 0.717) is 6.04 Å². The van der Waals surface area contributed by atoms with E-state index < -0.39 is 0 Å². The van der Waals surface area contributed by atoms with Gasteiger partial charge in [-0.1, -0.05) is 82.0 Å². The van der Waals surface area contributed by atoms with Crippen LogP contribution in [0.5, 0.6) is 0 Å². The summed E-state index contributed by atoms with van der Waals surface area (Å²) in [5.74, 6) is 0. The quantitative estimate of drug-likeness (QED) is 0.464. The van der Waals surface area contributed by atoms with E-state index in [1.165, 1.54) is 68.9 Å². The maximum atomic E-state index is 6.11. The van der Waals surface area contributed by atoms with Gasteiger partial charge in [-0.15, -0.1) is 0 Å². The normalized spacial score (nSPS) is 12.6. The van der Waals surface area contributed by atoms with Crippen molar-refractivity contribution in [2.24, 2.45) is 0 Å².